The number of benzene rings is 3. The summed E-state index contributed by atoms with van der Waals surface area (Å²) in [6.45, 7) is 9.28. The first-order valence-corrected chi connectivity index (χ1v) is 13.0. The lowest BCUT2D eigenvalue weighted by Crippen LogP contribution is -2.35. The summed E-state index contributed by atoms with van der Waals surface area (Å²) in [5.41, 5.74) is 12.6. The maximum absolute atomic E-state index is 2.49. The minimum atomic E-state index is 0.0149. The third-order valence-corrected chi connectivity index (χ3v) is 8.78. The van der Waals surface area contributed by atoms with E-state index in [1.165, 1.54) is 93.2 Å². The molecular weight excluding hydrogens is 410 g/mol. The maximum atomic E-state index is 2.49. The Balaban J connectivity index is 1.53. The number of rotatable bonds is 3. The predicted octanol–water partition coefficient (Wildman–Crippen LogP) is 7.99. The number of fused-ring (bicyclic) bond motifs is 4. The molecule has 0 bridgehead atoms. The molecule has 2 aliphatic carbocycles. The minimum Gasteiger partial charge on any atom is -0.198 e. The second-order valence-electron chi connectivity index (χ2n) is 11.4. The van der Waals surface area contributed by atoms with E-state index in [0.717, 1.165) is 5.92 Å². The van der Waals surface area contributed by atoms with E-state index in [1.807, 2.05) is 0 Å². The smallest absolute Gasteiger partial charge is 0.198 e. The quantitative estimate of drug-likeness (QED) is 0.281. The Hall–Kier alpha value is -2.93. The van der Waals surface area contributed by atoms with Crippen LogP contribution in [0, 0.1) is 19.8 Å². The molecule has 2 aliphatic rings. The monoisotopic (exact) mass is 446 g/mol. The van der Waals surface area contributed by atoms with Crippen LogP contribution in [0.1, 0.15) is 67.5 Å². The second kappa shape index (κ2) is 7.80. The molecule has 0 spiro atoms. The molecule has 0 amide bonds. The fraction of sp³-hybridized carbons (Fsp3) is 0.364. The number of aromatic nitrogens is 1. The van der Waals surface area contributed by atoms with Crippen LogP contribution in [0.2, 0.25) is 0 Å². The Morgan fingerprint density at radius 1 is 0.824 bits per heavy atom. The maximum Gasteiger partial charge on any atom is 0.220 e. The van der Waals surface area contributed by atoms with Gasteiger partial charge in [-0.1, -0.05) is 82.0 Å². The zero-order valence-electron chi connectivity index (χ0n) is 21.3. The summed E-state index contributed by atoms with van der Waals surface area (Å²) in [6.07, 6.45) is 6.86. The van der Waals surface area contributed by atoms with Crippen molar-refractivity contribution in [2.45, 2.75) is 65.2 Å². The van der Waals surface area contributed by atoms with E-state index in [4.69, 9.17) is 0 Å². The fourth-order valence-corrected chi connectivity index (χ4v) is 6.74. The van der Waals surface area contributed by atoms with Gasteiger partial charge in [0.25, 0.3) is 0 Å². The summed E-state index contributed by atoms with van der Waals surface area (Å²) in [7, 11) is 2.23. The van der Waals surface area contributed by atoms with Crippen LogP contribution in [0.5, 0.6) is 0 Å². The van der Waals surface area contributed by atoms with E-state index in [-0.39, 0.29) is 5.41 Å². The lowest BCUT2D eigenvalue weighted by molar-refractivity contribution is -0.665. The lowest BCUT2D eigenvalue weighted by Gasteiger charge is -2.22. The summed E-state index contributed by atoms with van der Waals surface area (Å²) >= 11 is 0. The molecule has 1 nitrogen and oxygen atoms in total. The van der Waals surface area contributed by atoms with Gasteiger partial charge in [0.15, 0.2) is 5.69 Å². The average Bonchev–Trinajstić information content (AvgIpc) is 3.40. The van der Waals surface area contributed by atoms with Crippen LogP contribution in [-0.2, 0) is 18.9 Å². The highest BCUT2D eigenvalue weighted by Gasteiger charge is 2.36. The van der Waals surface area contributed by atoms with E-state index in [0.29, 0.717) is 0 Å². The van der Waals surface area contributed by atoms with Gasteiger partial charge in [0.2, 0.25) is 5.69 Å². The van der Waals surface area contributed by atoms with Crippen molar-refractivity contribution in [1.82, 2.24) is 0 Å². The molecule has 0 aliphatic heterocycles. The summed E-state index contributed by atoms with van der Waals surface area (Å²) in [5.74, 6) is 0.876. The normalized spacial score (nSPS) is 16.7. The van der Waals surface area contributed by atoms with Crippen molar-refractivity contribution in [3.63, 3.8) is 0 Å². The van der Waals surface area contributed by atoms with Crippen LogP contribution in [0.4, 0.5) is 0 Å². The van der Waals surface area contributed by atoms with Crippen molar-refractivity contribution in [3.05, 3.63) is 88.6 Å². The van der Waals surface area contributed by atoms with Crippen molar-refractivity contribution >= 4 is 10.8 Å². The van der Waals surface area contributed by atoms with Crippen molar-refractivity contribution in [3.8, 4) is 22.4 Å². The molecule has 4 aromatic rings. The third kappa shape index (κ3) is 3.24. The van der Waals surface area contributed by atoms with Gasteiger partial charge in [0.05, 0.1) is 10.9 Å². The van der Waals surface area contributed by atoms with Crippen LogP contribution in [0.3, 0.4) is 0 Å². The molecule has 0 saturated heterocycles. The first-order valence-electron chi connectivity index (χ1n) is 13.0. The van der Waals surface area contributed by atoms with Gasteiger partial charge in [-0.25, -0.2) is 0 Å². The predicted molar refractivity (Wildman–Crippen MR) is 143 cm³/mol. The standard InChI is InChI=1S/C33H36N/c1-21-16-29-27-12-8-9-13-30(27)33(3,4)31(29)20-28(21)32-26-15-14-24(18-23-10-6-7-11-23)19-25(26)17-22(2)34(32)5/h8-9,12-17,19-20,23H,6-7,10-11,18H2,1-5H3/q+1. The fourth-order valence-electron chi connectivity index (χ4n) is 6.74. The molecule has 1 aromatic heterocycles. The molecule has 1 fully saturated rings. The Bertz CT molecular complexity index is 1430. The highest BCUT2D eigenvalue weighted by Crippen LogP contribution is 2.50. The van der Waals surface area contributed by atoms with Gasteiger partial charge in [0.1, 0.15) is 7.05 Å². The average molecular weight is 447 g/mol. The summed E-state index contributed by atoms with van der Waals surface area (Å²) in [4.78, 5) is 0. The van der Waals surface area contributed by atoms with Gasteiger partial charge >= 0.3 is 0 Å². The third-order valence-electron chi connectivity index (χ3n) is 8.78. The summed E-state index contributed by atoms with van der Waals surface area (Å²) in [6, 6.07) is 23.5. The van der Waals surface area contributed by atoms with Gasteiger partial charge in [0, 0.05) is 18.4 Å². The van der Waals surface area contributed by atoms with Crippen LogP contribution in [0.15, 0.2) is 60.7 Å². The Morgan fingerprint density at radius 3 is 2.38 bits per heavy atom. The first-order chi connectivity index (χ1) is 16.3. The Kier molecular flexibility index (Phi) is 4.96. The molecule has 0 radical (unpaired) electrons. The summed E-state index contributed by atoms with van der Waals surface area (Å²) < 4.78 is 2.39. The highest BCUT2D eigenvalue weighted by molar-refractivity contribution is 5.95. The molecule has 1 heterocycles. The summed E-state index contributed by atoms with van der Waals surface area (Å²) in [5, 5.41) is 2.74. The van der Waals surface area contributed by atoms with Crippen molar-refractivity contribution in [2.75, 3.05) is 0 Å². The number of aryl methyl sites for hydroxylation is 2. The zero-order chi connectivity index (χ0) is 23.6. The molecular formula is C33H36N+. The molecule has 1 heteroatoms. The van der Waals surface area contributed by atoms with Gasteiger partial charge in [-0.3, -0.25) is 0 Å². The van der Waals surface area contributed by atoms with E-state index >= 15 is 0 Å². The van der Waals surface area contributed by atoms with Gasteiger partial charge in [-0.2, -0.15) is 4.57 Å². The highest BCUT2D eigenvalue weighted by atomic mass is 14.9. The van der Waals surface area contributed by atoms with Crippen molar-refractivity contribution in [2.24, 2.45) is 13.0 Å². The zero-order valence-corrected chi connectivity index (χ0v) is 21.3. The first kappa shape index (κ1) is 21.6. The Morgan fingerprint density at radius 2 is 1.59 bits per heavy atom. The van der Waals surface area contributed by atoms with Crippen LogP contribution in [0.25, 0.3) is 33.2 Å². The van der Waals surface area contributed by atoms with Crippen molar-refractivity contribution < 1.29 is 4.57 Å². The topological polar surface area (TPSA) is 3.88 Å². The molecule has 34 heavy (non-hydrogen) atoms. The van der Waals surface area contributed by atoms with E-state index < -0.39 is 0 Å². The molecule has 6 rings (SSSR count). The van der Waals surface area contributed by atoms with Crippen LogP contribution >= 0.6 is 0 Å². The SMILES string of the molecule is Cc1cc2c(cc1-c1c3ccc(CC4CCCC4)cc3cc(C)[n+]1C)C(C)(C)c1ccccc1-2. The molecule has 0 atom stereocenters. The van der Waals surface area contributed by atoms with Crippen molar-refractivity contribution in [1.29, 1.82) is 0 Å². The number of hydrogen-bond donors (Lipinski definition) is 0. The van der Waals surface area contributed by atoms with E-state index in [9.17, 15) is 0 Å². The van der Waals surface area contributed by atoms with E-state index in [1.54, 1.807) is 0 Å². The molecule has 3 aromatic carbocycles. The van der Waals surface area contributed by atoms with Gasteiger partial charge < -0.3 is 0 Å². The molecule has 172 valence electrons. The number of pyridine rings is 1. The minimum absolute atomic E-state index is 0.0149. The van der Waals surface area contributed by atoms with E-state index in [2.05, 4.69) is 100.0 Å². The van der Waals surface area contributed by atoms with Gasteiger partial charge in [-0.05, 0) is 70.2 Å². The molecule has 0 unspecified atom stereocenters. The molecule has 1 saturated carbocycles. The Labute approximate surface area is 204 Å². The number of hydrogen-bond acceptors (Lipinski definition) is 0. The lowest BCUT2D eigenvalue weighted by atomic mass is 9.81. The van der Waals surface area contributed by atoms with Crippen LogP contribution < -0.4 is 4.57 Å². The molecule has 0 N–H and O–H groups in total. The largest absolute Gasteiger partial charge is 0.220 e. The van der Waals surface area contributed by atoms with Gasteiger partial charge in [-0.15, -0.1) is 0 Å². The second-order valence-corrected chi connectivity index (χ2v) is 11.4. The number of nitrogens with zero attached hydrogens (tertiary/aromatic N) is 1. The van der Waals surface area contributed by atoms with Crippen LogP contribution in [-0.4, -0.2) is 0 Å².